The number of β-lactam (4-membered cyclic amide) rings is 1. The third-order valence-corrected chi connectivity index (χ3v) is 6.45. The zero-order chi connectivity index (χ0) is 19.6. The highest BCUT2D eigenvalue weighted by Gasteiger charge is 2.61. The second-order valence-electron chi connectivity index (χ2n) is 7.88. The van der Waals surface area contributed by atoms with Gasteiger partial charge in [-0.15, -0.1) is 0 Å². The van der Waals surface area contributed by atoms with Gasteiger partial charge < -0.3 is 15.1 Å². The maximum Gasteiger partial charge on any atom is 0.352 e. The molecule has 0 bridgehead atoms. The summed E-state index contributed by atoms with van der Waals surface area (Å²) in [6.07, 6.45) is 0.827. The van der Waals surface area contributed by atoms with Crippen LogP contribution in [0, 0.1) is 11.8 Å². The number of carboxylic acids is 1. The molecule has 3 aliphatic rings. The number of hydrogen-bond donors (Lipinski definition) is 2. The highest BCUT2D eigenvalue weighted by molar-refractivity contribution is 6.07. The topological polar surface area (TPSA) is 77.8 Å². The van der Waals surface area contributed by atoms with Crippen molar-refractivity contribution >= 4 is 17.4 Å². The van der Waals surface area contributed by atoms with Crippen LogP contribution in [-0.4, -0.2) is 39.1 Å². The molecule has 142 valence electrons. The summed E-state index contributed by atoms with van der Waals surface area (Å²) in [5.41, 5.74) is 5.15. The van der Waals surface area contributed by atoms with E-state index in [4.69, 9.17) is 0 Å². The number of carboxylic acid groups (broad SMARTS) is 1. The Labute approximate surface area is 162 Å². The molecule has 5 rings (SSSR count). The Morgan fingerprint density at radius 1 is 1.11 bits per heavy atom. The van der Waals surface area contributed by atoms with E-state index in [9.17, 15) is 19.8 Å². The summed E-state index contributed by atoms with van der Waals surface area (Å²) in [7, 11) is 0. The minimum atomic E-state index is -1.07. The van der Waals surface area contributed by atoms with Gasteiger partial charge in [0.15, 0.2) is 0 Å². The van der Waals surface area contributed by atoms with Crippen molar-refractivity contribution in [2.45, 2.75) is 31.9 Å². The smallest absolute Gasteiger partial charge is 0.352 e. The first kappa shape index (κ1) is 17.2. The lowest BCUT2D eigenvalue weighted by Gasteiger charge is -2.47. The molecule has 28 heavy (non-hydrogen) atoms. The summed E-state index contributed by atoms with van der Waals surface area (Å²) >= 11 is 0. The van der Waals surface area contributed by atoms with Gasteiger partial charge in [0.1, 0.15) is 5.70 Å². The van der Waals surface area contributed by atoms with Crippen LogP contribution in [0.25, 0.3) is 16.7 Å². The van der Waals surface area contributed by atoms with Crippen LogP contribution in [0.3, 0.4) is 0 Å². The van der Waals surface area contributed by atoms with Crippen LogP contribution in [0.5, 0.6) is 0 Å². The molecule has 0 spiro atoms. The maximum atomic E-state index is 12.6. The number of fused-ring (bicyclic) bond motifs is 5. The van der Waals surface area contributed by atoms with Crippen molar-refractivity contribution < 1.29 is 19.8 Å². The third-order valence-electron chi connectivity index (χ3n) is 6.45. The number of aliphatic carboxylic acids is 1. The Hall–Kier alpha value is -2.92. The van der Waals surface area contributed by atoms with Crippen LogP contribution >= 0.6 is 0 Å². The van der Waals surface area contributed by atoms with Gasteiger partial charge in [-0.25, -0.2) is 4.79 Å². The monoisotopic (exact) mass is 375 g/mol. The third kappa shape index (κ3) is 2.17. The minimum absolute atomic E-state index is 0.0399. The van der Waals surface area contributed by atoms with Crippen molar-refractivity contribution in [3.05, 3.63) is 65.4 Å². The summed E-state index contributed by atoms with van der Waals surface area (Å²) in [5.74, 6) is -1.91. The number of aliphatic hydroxyl groups excluding tert-OH is 1. The van der Waals surface area contributed by atoms with Crippen molar-refractivity contribution in [2.75, 3.05) is 0 Å². The molecular weight excluding hydrogens is 354 g/mol. The number of rotatable bonds is 3. The molecule has 1 fully saturated rings. The van der Waals surface area contributed by atoms with Gasteiger partial charge in [-0.3, -0.25) is 4.79 Å². The van der Waals surface area contributed by atoms with E-state index in [1.54, 1.807) is 6.92 Å². The van der Waals surface area contributed by atoms with Crippen molar-refractivity contribution in [1.29, 1.82) is 0 Å². The number of carbonyl (C=O) groups excluding carboxylic acids is 1. The van der Waals surface area contributed by atoms with E-state index in [1.165, 1.54) is 4.90 Å². The Bertz CT molecular complexity index is 1020. The fourth-order valence-electron chi connectivity index (χ4n) is 5.35. The molecule has 2 N–H and O–H groups in total. The number of amides is 1. The lowest BCUT2D eigenvalue weighted by Crippen LogP contribution is -2.64. The molecule has 2 heterocycles. The highest BCUT2D eigenvalue weighted by Crippen LogP contribution is 2.55. The molecule has 1 amide bonds. The normalized spacial score (nSPS) is 26.3. The first-order valence-corrected chi connectivity index (χ1v) is 9.67. The highest BCUT2D eigenvalue weighted by atomic mass is 16.4. The van der Waals surface area contributed by atoms with Gasteiger partial charge in [0.25, 0.3) is 0 Å². The molecule has 1 aliphatic carbocycles. The second-order valence-corrected chi connectivity index (χ2v) is 7.88. The van der Waals surface area contributed by atoms with Gasteiger partial charge >= 0.3 is 5.97 Å². The van der Waals surface area contributed by atoms with E-state index in [0.29, 0.717) is 0 Å². The Balaban J connectivity index is 1.69. The van der Waals surface area contributed by atoms with Gasteiger partial charge in [-0.2, -0.15) is 0 Å². The van der Waals surface area contributed by atoms with Crippen LogP contribution < -0.4 is 0 Å². The van der Waals surface area contributed by atoms with Gasteiger partial charge in [-0.1, -0.05) is 48.5 Å². The largest absolute Gasteiger partial charge is 0.477 e. The molecule has 0 aromatic heterocycles. The summed E-state index contributed by atoms with van der Waals surface area (Å²) in [4.78, 5) is 26.2. The lowest BCUT2D eigenvalue weighted by atomic mass is 9.70. The van der Waals surface area contributed by atoms with Crippen LogP contribution in [0.2, 0.25) is 0 Å². The van der Waals surface area contributed by atoms with Crippen molar-refractivity contribution in [1.82, 2.24) is 4.90 Å². The van der Waals surface area contributed by atoms with Gasteiger partial charge in [0, 0.05) is 5.92 Å². The SMILES string of the molecule is CC(O)C1C(=O)N2C(C(=O)O)=C3c4cccc(-c5ccccc5)c4CC[C@@H]3C12. The van der Waals surface area contributed by atoms with Crippen molar-refractivity contribution in [3.63, 3.8) is 0 Å². The average Bonchev–Trinajstić information content (AvgIpc) is 2.99. The summed E-state index contributed by atoms with van der Waals surface area (Å²) in [6.45, 7) is 1.61. The van der Waals surface area contributed by atoms with E-state index in [0.717, 1.165) is 40.7 Å². The minimum Gasteiger partial charge on any atom is -0.477 e. The van der Waals surface area contributed by atoms with Gasteiger partial charge in [0.2, 0.25) is 5.91 Å². The molecule has 2 aliphatic heterocycles. The van der Waals surface area contributed by atoms with Crippen LogP contribution in [0.4, 0.5) is 0 Å². The van der Waals surface area contributed by atoms with E-state index in [-0.39, 0.29) is 23.6 Å². The molecule has 5 nitrogen and oxygen atoms in total. The van der Waals surface area contributed by atoms with E-state index >= 15 is 0 Å². The first-order chi connectivity index (χ1) is 13.5. The summed E-state index contributed by atoms with van der Waals surface area (Å²) in [5, 5.41) is 20.0. The predicted octanol–water partition coefficient (Wildman–Crippen LogP) is 2.93. The molecule has 1 saturated heterocycles. The Morgan fingerprint density at radius 2 is 1.82 bits per heavy atom. The van der Waals surface area contributed by atoms with Crippen molar-refractivity contribution in [3.8, 4) is 11.1 Å². The molecule has 3 unspecified atom stereocenters. The molecule has 2 aromatic rings. The standard InChI is InChI=1S/C23H21NO4/c1-12(25)18-20-17-11-10-15-14(13-6-3-2-4-7-13)8-5-9-16(15)19(17)21(23(27)28)24(20)22(18)26/h2-9,12,17-18,20,25H,10-11H2,1H3,(H,27,28)/t12?,17-,18?,20?/m0/s1. The number of nitrogens with zero attached hydrogens (tertiary/aromatic N) is 1. The average molecular weight is 375 g/mol. The molecular formula is C23H21NO4. The van der Waals surface area contributed by atoms with Crippen LogP contribution in [0.1, 0.15) is 24.5 Å². The Kier molecular flexibility index (Phi) is 3.71. The summed E-state index contributed by atoms with van der Waals surface area (Å²) < 4.78 is 0. The lowest BCUT2D eigenvalue weighted by molar-refractivity contribution is -0.163. The van der Waals surface area contributed by atoms with Crippen LogP contribution in [-0.2, 0) is 16.0 Å². The Morgan fingerprint density at radius 3 is 2.50 bits per heavy atom. The first-order valence-electron chi connectivity index (χ1n) is 9.67. The predicted molar refractivity (Wildman–Crippen MR) is 104 cm³/mol. The van der Waals surface area contributed by atoms with Crippen LogP contribution in [0.15, 0.2) is 54.2 Å². The van der Waals surface area contributed by atoms with E-state index in [2.05, 4.69) is 18.2 Å². The van der Waals surface area contributed by atoms with E-state index < -0.39 is 18.0 Å². The molecule has 4 atom stereocenters. The van der Waals surface area contributed by atoms with E-state index in [1.807, 2.05) is 30.3 Å². The zero-order valence-electron chi connectivity index (χ0n) is 15.5. The maximum absolute atomic E-state index is 12.6. The van der Waals surface area contributed by atoms with Crippen molar-refractivity contribution in [2.24, 2.45) is 11.8 Å². The summed E-state index contributed by atoms with van der Waals surface area (Å²) in [6, 6.07) is 15.8. The number of benzene rings is 2. The second kappa shape index (κ2) is 6.04. The van der Waals surface area contributed by atoms with Gasteiger partial charge in [-0.05, 0) is 47.6 Å². The molecule has 5 heteroatoms. The molecule has 2 aromatic carbocycles. The quantitative estimate of drug-likeness (QED) is 0.809. The number of carbonyl (C=O) groups is 2. The number of hydrogen-bond acceptors (Lipinski definition) is 3. The molecule has 0 saturated carbocycles. The zero-order valence-corrected chi connectivity index (χ0v) is 15.5. The number of aliphatic hydroxyl groups is 1. The fourth-order valence-corrected chi connectivity index (χ4v) is 5.35. The van der Waals surface area contributed by atoms with Gasteiger partial charge in [0.05, 0.1) is 18.1 Å². The fraction of sp³-hybridized carbons (Fsp3) is 0.304. The molecule has 0 radical (unpaired) electrons.